The maximum absolute atomic E-state index is 11.3. The third kappa shape index (κ3) is 3.81. The number of hydrogen-bond acceptors (Lipinski definition) is 7. The number of nitrogens with zero attached hydrogens (tertiary/aromatic N) is 3. The lowest BCUT2D eigenvalue weighted by atomic mass is 10.1. The maximum atomic E-state index is 11.3. The zero-order chi connectivity index (χ0) is 16.7. The number of nitriles is 2. The van der Waals surface area contributed by atoms with Gasteiger partial charge in [-0.3, -0.25) is 14.9 Å². The maximum Gasteiger partial charge on any atom is 0.322 e. The number of hydrogen-bond donors (Lipinski definition) is 0. The van der Waals surface area contributed by atoms with Crippen LogP contribution in [-0.4, -0.2) is 17.5 Å². The predicted molar refractivity (Wildman–Crippen MR) is 74.8 cm³/mol. The van der Waals surface area contributed by atoms with Crippen LogP contribution in [0.4, 0.5) is 5.69 Å². The van der Waals surface area contributed by atoms with Crippen molar-refractivity contribution in [3.63, 3.8) is 0 Å². The van der Waals surface area contributed by atoms with Gasteiger partial charge in [0.1, 0.15) is 17.7 Å². The Balaban J connectivity index is 3.62. The first-order chi connectivity index (χ1) is 10.4. The van der Waals surface area contributed by atoms with Gasteiger partial charge in [-0.1, -0.05) is 0 Å². The number of nitro benzene ring substituents is 1. The molecule has 0 radical (unpaired) electrons. The fourth-order valence-electron chi connectivity index (χ4n) is 1.64. The molecule has 0 atom stereocenters. The highest BCUT2D eigenvalue weighted by Gasteiger charge is 2.26. The largest absolute Gasteiger partial charge is 0.485 e. The number of esters is 1. The first-order valence-corrected chi connectivity index (χ1v) is 6.09. The first-order valence-electron chi connectivity index (χ1n) is 6.09. The fraction of sp³-hybridized carbons (Fsp3) is 0.214. The second-order valence-electron chi connectivity index (χ2n) is 3.90. The molecule has 22 heavy (non-hydrogen) atoms. The lowest BCUT2D eigenvalue weighted by Crippen LogP contribution is -2.07. The summed E-state index contributed by atoms with van der Waals surface area (Å²) in [5, 5.41) is 28.8. The molecule has 0 heterocycles. The van der Waals surface area contributed by atoms with E-state index >= 15 is 0 Å². The molecule has 0 aliphatic rings. The number of carbonyl (C=O) groups is 1. The third-order valence-corrected chi connectivity index (χ3v) is 2.39. The topological polar surface area (TPSA) is 126 Å². The van der Waals surface area contributed by atoms with Crippen LogP contribution < -0.4 is 9.47 Å². The summed E-state index contributed by atoms with van der Waals surface area (Å²) < 4.78 is 10.1. The highest BCUT2D eigenvalue weighted by molar-refractivity contribution is 5.77. The van der Waals surface area contributed by atoms with Gasteiger partial charge in [0.05, 0.1) is 17.1 Å². The minimum absolute atomic E-state index is 0.00227. The van der Waals surface area contributed by atoms with Crippen molar-refractivity contribution in [1.82, 2.24) is 0 Å². The zero-order valence-electron chi connectivity index (χ0n) is 11.8. The Morgan fingerprint density at radius 2 is 2.05 bits per heavy atom. The zero-order valence-corrected chi connectivity index (χ0v) is 11.8. The second-order valence-corrected chi connectivity index (χ2v) is 3.90. The van der Waals surface area contributed by atoms with Crippen LogP contribution in [0, 0.1) is 32.8 Å². The van der Waals surface area contributed by atoms with Gasteiger partial charge in [-0.2, -0.15) is 10.5 Å². The summed E-state index contributed by atoms with van der Waals surface area (Å²) in [4.78, 5) is 21.6. The molecule has 0 spiro atoms. The summed E-state index contributed by atoms with van der Waals surface area (Å²) >= 11 is 0. The molecule has 1 aromatic rings. The van der Waals surface area contributed by atoms with Crippen LogP contribution in [0.2, 0.25) is 0 Å². The van der Waals surface area contributed by atoms with Crippen molar-refractivity contribution < 1.29 is 19.2 Å². The molecule has 0 unspecified atom stereocenters. The smallest absolute Gasteiger partial charge is 0.322 e. The molecule has 0 aliphatic heterocycles. The van der Waals surface area contributed by atoms with E-state index in [0.29, 0.717) is 0 Å². The summed E-state index contributed by atoms with van der Waals surface area (Å²) in [6.07, 6.45) is 1.07. The van der Waals surface area contributed by atoms with E-state index in [1.165, 1.54) is 12.1 Å². The quantitative estimate of drug-likeness (QED) is 0.268. The highest BCUT2D eigenvalue weighted by Crippen LogP contribution is 2.40. The molecule has 8 nitrogen and oxygen atoms in total. The molecule has 0 saturated heterocycles. The van der Waals surface area contributed by atoms with E-state index in [-0.39, 0.29) is 29.2 Å². The van der Waals surface area contributed by atoms with Gasteiger partial charge >= 0.3 is 11.7 Å². The Hall–Kier alpha value is -3.39. The van der Waals surface area contributed by atoms with Crippen LogP contribution in [-0.2, 0) is 4.79 Å². The standard InChI is InChI=1S/C14H11N3O5/c1-3-21-14-12(22-9(2)18)5-4-11(13(14)17(19)20)6-10(7-15)8-16/h4-6H,3H2,1-2H3. The van der Waals surface area contributed by atoms with Gasteiger partial charge in [0, 0.05) is 6.92 Å². The minimum atomic E-state index is -0.726. The molecule has 0 aromatic heterocycles. The first kappa shape index (κ1) is 16.7. The molecule has 0 N–H and O–H groups in total. The lowest BCUT2D eigenvalue weighted by Gasteiger charge is -2.11. The van der Waals surface area contributed by atoms with Crippen molar-refractivity contribution in [3.8, 4) is 23.6 Å². The van der Waals surface area contributed by atoms with Crippen molar-refractivity contribution in [2.75, 3.05) is 6.61 Å². The van der Waals surface area contributed by atoms with Crippen molar-refractivity contribution in [3.05, 3.63) is 33.4 Å². The molecule has 0 bridgehead atoms. The summed E-state index contributed by atoms with van der Waals surface area (Å²) in [7, 11) is 0. The highest BCUT2D eigenvalue weighted by atomic mass is 16.6. The number of nitro groups is 1. The molecule has 1 rings (SSSR count). The molecule has 112 valence electrons. The molecule has 0 aliphatic carbocycles. The second kappa shape index (κ2) is 7.41. The number of carbonyl (C=O) groups excluding carboxylic acids is 1. The van der Waals surface area contributed by atoms with E-state index in [0.717, 1.165) is 13.0 Å². The van der Waals surface area contributed by atoms with Crippen LogP contribution in [0.15, 0.2) is 17.7 Å². The van der Waals surface area contributed by atoms with Gasteiger partial charge in [-0.05, 0) is 25.1 Å². The number of rotatable bonds is 5. The molecule has 0 fully saturated rings. The van der Waals surface area contributed by atoms with Gasteiger partial charge in [-0.25, -0.2) is 0 Å². The minimum Gasteiger partial charge on any atom is -0.485 e. The summed E-state index contributed by atoms with van der Waals surface area (Å²) in [5.41, 5.74) is -0.781. The molecule has 0 amide bonds. The van der Waals surface area contributed by atoms with E-state index in [1.807, 2.05) is 0 Å². The lowest BCUT2D eigenvalue weighted by molar-refractivity contribution is -0.386. The van der Waals surface area contributed by atoms with Gasteiger partial charge in [0.2, 0.25) is 5.75 Å². The van der Waals surface area contributed by atoms with Crippen molar-refractivity contribution >= 4 is 17.7 Å². The molecule has 0 saturated carbocycles. The Kier molecular flexibility index (Phi) is 5.61. The van der Waals surface area contributed by atoms with Gasteiger partial charge in [-0.15, -0.1) is 0 Å². The number of allylic oxidation sites excluding steroid dienone is 1. The Morgan fingerprint density at radius 1 is 1.41 bits per heavy atom. The molecular weight excluding hydrogens is 290 g/mol. The van der Waals surface area contributed by atoms with E-state index < -0.39 is 16.6 Å². The number of ether oxygens (including phenoxy) is 2. The average Bonchev–Trinajstić information content (AvgIpc) is 2.46. The van der Waals surface area contributed by atoms with Gasteiger partial charge < -0.3 is 9.47 Å². The monoisotopic (exact) mass is 301 g/mol. The van der Waals surface area contributed by atoms with Crippen molar-refractivity contribution in [1.29, 1.82) is 10.5 Å². The fourth-order valence-corrected chi connectivity index (χ4v) is 1.64. The summed E-state index contributed by atoms with van der Waals surface area (Å²) in [6, 6.07) is 5.81. The van der Waals surface area contributed by atoms with E-state index in [9.17, 15) is 14.9 Å². The summed E-state index contributed by atoms with van der Waals surface area (Å²) in [5.74, 6) is -0.992. The predicted octanol–water partition coefficient (Wildman–Crippen LogP) is 2.35. The van der Waals surface area contributed by atoms with E-state index in [1.54, 1.807) is 19.1 Å². The van der Waals surface area contributed by atoms with Crippen molar-refractivity contribution in [2.24, 2.45) is 0 Å². The van der Waals surface area contributed by atoms with Crippen LogP contribution in [0.25, 0.3) is 6.08 Å². The van der Waals surface area contributed by atoms with Gasteiger partial charge in [0.15, 0.2) is 5.75 Å². The van der Waals surface area contributed by atoms with Crippen LogP contribution >= 0.6 is 0 Å². The normalized spacial score (nSPS) is 9.09. The Morgan fingerprint density at radius 3 is 2.50 bits per heavy atom. The molecular formula is C14H11N3O5. The van der Waals surface area contributed by atoms with E-state index in [2.05, 4.69) is 0 Å². The Labute approximate surface area is 125 Å². The summed E-state index contributed by atoms with van der Waals surface area (Å²) in [6.45, 7) is 2.87. The van der Waals surface area contributed by atoms with Gasteiger partial charge in [0.25, 0.3) is 0 Å². The van der Waals surface area contributed by atoms with Crippen LogP contribution in [0.3, 0.4) is 0 Å². The van der Waals surface area contributed by atoms with Crippen LogP contribution in [0.5, 0.6) is 11.5 Å². The average molecular weight is 301 g/mol. The Bertz CT molecular complexity index is 709. The molecule has 1 aromatic carbocycles. The van der Waals surface area contributed by atoms with E-state index in [4.69, 9.17) is 20.0 Å². The van der Waals surface area contributed by atoms with Crippen molar-refractivity contribution in [2.45, 2.75) is 13.8 Å². The van der Waals surface area contributed by atoms with Crippen LogP contribution in [0.1, 0.15) is 19.4 Å². The third-order valence-electron chi connectivity index (χ3n) is 2.39. The number of benzene rings is 1. The SMILES string of the molecule is CCOc1c(OC(C)=O)ccc(C=C(C#N)C#N)c1[N+](=O)[O-]. The molecule has 8 heteroatoms.